The summed E-state index contributed by atoms with van der Waals surface area (Å²) in [6, 6.07) is 0. The molecular weight excluding hydrogens is 312 g/mol. The minimum absolute atomic E-state index is 0.153. The zero-order valence-electron chi connectivity index (χ0n) is 12.0. The van der Waals surface area contributed by atoms with E-state index in [0.29, 0.717) is 11.2 Å². The van der Waals surface area contributed by atoms with E-state index in [0.717, 1.165) is 0 Å². The Labute approximate surface area is 131 Å². The van der Waals surface area contributed by atoms with Crippen molar-refractivity contribution in [3.05, 3.63) is 17.8 Å². The van der Waals surface area contributed by atoms with Crippen LogP contribution >= 0.6 is 11.6 Å². The molecule has 1 unspecified atom stereocenters. The molecule has 2 aliphatic rings. The smallest absolute Gasteiger partial charge is 0.167 e. The Kier molecular flexibility index (Phi) is 3.14. The Balaban J connectivity index is 1.77. The molecule has 0 radical (unpaired) electrons. The molecule has 2 aromatic heterocycles. The van der Waals surface area contributed by atoms with E-state index in [1.807, 2.05) is 13.8 Å². The molecule has 118 valence electrons. The molecule has 0 amide bonds. The molecular formula is C13H15ClN4O4. The van der Waals surface area contributed by atoms with Crippen molar-refractivity contribution in [3.63, 3.8) is 0 Å². The van der Waals surface area contributed by atoms with Gasteiger partial charge < -0.3 is 19.3 Å². The van der Waals surface area contributed by atoms with Gasteiger partial charge in [-0.1, -0.05) is 11.6 Å². The molecule has 0 bridgehead atoms. The number of ether oxygens (including phenoxy) is 3. The molecule has 9 heteroatoms. The van der Waals surface area contributed by atoms with Crippen molar-refractivity contribution in [1.29, 1.82) is 0 Å². The minimum Gasteiger partial charge on any atom is -0.394 e. The maximum Gasteiger partial charge on any atom is 0.167 e. The first kappa shape index (κ1) is 14.3. The molecule has 4 atom stereocenters. The molecule has 1 N–H and O–H groups in total. The third-order valence-corrected chi connectivity index (χ3v) is 4.17. The molecule has 2 aliphatic heterocycles. The van der Waals surface area contributed by atoms with Crippen molar-refractivity contribution in [2.75, 3.05) is 6.61 Å². The van der Waals surface area contributed by atoms with Gasteiger partial charge in [0.1, 0.15) is 30.2 Å². The van der Waals surface area contributed by atoms with E-state index in [9.17, 15) is 5.11 Å². The second kappa shape index (κ2) is 4.84. The van der Waals surface area contributed by atoms with Crippen LogP contribution in [0.5, 0.6) is 0 Å². The quantitative estimate of drug-likeness (QED) is 0.819. The largest absolute Gasteiger partial charge is 0.394 e. The van der Waals surface area contributed by atoms with Gasteiger partial charge in [-0.25, -0.2) is 15.0 Å². The Morgan fingerprint density at radius 1 is 1.27 bits per heavy atom. The summed E-state index contributed by atoms with van der Waals surface area (Å²) in [5.41, 5.74) is 1.05. The second-order valence-corrected chi connectivity index (χ2v) is 6.16. The molecule has 4 rings (SSSR count). The molecule has 4 heterocycles. The molecule has 22 heavy (non-hydrogen) atoms. The van der Waals surface area contributed by atoms with Crippen LogP contribution in [0.1, 0.15) is 20.1 Å². The number of hydrogen-bond acceptors (Lipinski definition) is 7. The zero-order valence-corrected chi connectivity index (χ0v) is 12.8. The lowest BCUT2D eigenvalue weighted by molar-refractivity contribution is -0.199. The Hall–Kier alpha value is -1.32. The van der Waals surface area contributed by atoms with E-state index in [1.165, 1.54) is 6.33 Å². The predicted molar refractivity (Wildman–Crippen MR) is 75.2 cm³/mol. The number of rotatable bonds is 2. The molecule has 2 fully saturated rings. The highest BCUT2D eigenvalue weighted by Gasteiger charge is 2.55. The first-order valence-corrected chi connectivity index (χ1v) is 7.33. The van der Waals surface area contributed by atoms with E-state index in [1.54, 1.807) is 10.9 Å². The number of fused-ring (bicyclic) bond motifs is 2. The third kappa shape index (κ3) is 2.03. The van der Waals surface area contributed by atoms with Gasteiger partial charge in [-0.3, -0.25) is 4.57 Å². The summed E-state index contributed by atoms with van der Waals surface area (Å²) >= 11 is 6.03. The van der Waals surface area contributed by atoms with Crippen LogP contribution < -0.4 is 0 Å². The molecule has 2 aromatic rings. The van der Waals surface area contributed by atoms with Crippen LogP contribution in [0.2, 0.25) is 5.15 Å². The van der Waals surface area contributed by atoms with Gasteiger partial charge in [-0.05, 0) is 13.8 Å². The lowest BCUT2D eigenvalue weighted by Crippen LogP contribution is -2.31. The van der Waals surface area contributed by atoms with E-state index in [4.69, 9.17) is 25.8 Å². The van der Waals surface area contributed by atoms with Crippen molar-refractivity contribution in [2.24, 2.45) is 0 Å². The summed E-state index contributed by atoms with van der Waals surface area (Å²) in [6.45, 7) is 3.52. The zero-order chi connectivity index (χ0) is 15.5. The molecule has 0 saturated carbocycles. The molecule has 8 nitrogen and oxygen atoms in total. The second-order valence-electron chi connectivity index (χ2n) is 5.80. The number of nitrogens with zero attached hydrogens (tertiary/aromatic N) is 4. The van der Waals surface area contributed by atoms with Crippen molar-refractivity contribution < 1.29 is 19.3 Å². The van der Waals surface area contributed by atoms with Crippen LogP contribution in [0.3, 0.4) is 0 Å². The van der Waals surface area contributed by atoms with Gasteiger partial charge in [-0.15, -0.1) is 0 Å². The van der Waals surface area contributed by atoms with Crippen LogP contribution in [-0.4, -0.2) is 55.3 Å². The predicted octanol–water partition coefficient (Wildman–Crippen LogP) is 0.889. The number of halogens is 1. The summed E-state index contributed by atoms with van der Waals surface area (Å²) < 4.78 is 19.4. The fourth-order valence-corrected chi connectivity index (χ4v) is 3.22. The summed E-state index contributed by atoms with van der Waals surface area (Å²) in [6.07, 6.45) is 1.28. The first-order valence-electron chi connectivity index (χ1n) is 6.95. The van der Waals surface area contributed by atoms with E-state index < -0.39 is 18.1 Å². The summed E-state index contributed by atoms with van der Waals surface area (Å²) in [5.74, 6) is -0.728. The highest BCUT2D eigenvalue weighted by molar-refractivity contribution is 6.33. The van der Waals surface area contributed by atoms with Crippen LogP contribution in [0.15, 0.2) is 12.7 Å². The van der Waals surface area contributed by atoms with Gasteiger partial charge in [0, 0.05) is 0 Å². The number of aliphatic hydroxyl groups excluding tert-OH is 1. The number of aromatic nitrogens is 4. The van der Waals surface area contributed by atoms with E-state index >= 15 is 0 Å². The monoisotopic (exact) mass is 326 g/mol. The molecule has 2 saturated heterocycles. The van der Waals surface area contributed by atoms with Crippen LogP contribution in [0.4, 0.5) is 0 Å². The van der Waals surface area contributed by atoms with Gasteiger partial charge in [-0.2, -0.15) is 0 Å². The summed E-state index contributed by atoms with van der Waals surface area (Å²) in [5, 5.41) is 9.80. The molecule has 0 aromatic carbocycles. The number of imidazole rings is 1. The fourth-order valence-electron chi connectivity index (χ4n) is 3.04. The first-order chi connectivity index (χ1) is 10.5. The van der Waals surface area contributed by atoms with Crippen molar-refractivity contribution >= 4 is 22.8 Å². The van der Waals surface area contributed by atoms with Gasteiger partial charge in [0.2, 0.25) is 0 Å². The Bertz CT molecular complexity index is 721. The van der Waals surface area contributed by atoms with Crippen LogP contribution in [-0.2, 0) is 14.2 Å². The van der Waals surface area contributed by atoms with E-state index in [2.05, 4.69) is 15.0 Å². The van der Waals surface area contributed by atoms with E-state index in [-0.39, 0.29) is 24.0 Å². The average molecular weight is 327 g/mol. The topological polar surface area (TPSA) is 91.5 Å². The maximum absolute atomic E-state index is 9.52. The summed E-state index contributed by atoms with van der Waals surface area (Å²) in [7, 11) is 0. The van der Waals surface area contributed by atoms with Crippen LogP contribution in [0, 0.1) is 0 Å². The molecule has 0 aliphatic carbocycles. The highest BCUT2D eigenvalue weighted by atomic mass is 35.5. The lowest BCUT2D eigenvalue weighted by atomic mass is 10.1. The van der Waals surface area contributed by atoms with Gasteiger partial charge in [0.25, 0.3) is 0 Å². The number of aliphatic hydroxyl groups is 1. The van der Waals surface area contributed by atoms with Crippen molar-refractivity contribution in [3.8, 4) is 0 Å². The lowest BCUT2D eigenvalue weighted by Gasteiger charge is -2.24. The maximum atomic E-state index is 9.52. The average Bonchev–Trinajstić information content (AvgIpc) is 3.10. The fraction of sp³-hybridized carbons (Fsp3) is 0.615. The highest BCUT2D eigenvalue weighted by Crippen LogP contribution is 2.43. The number of hydrogen-bond donors (Lipinski definition) is 1. The third-order valence-electron chi connectivity index (χ3n) is 3.89. The normalized spacial score (nSPS) is 33.5. The van der Waals surface area contributed by atoms with Gasteiger partial charge >= 0.3 is 0 Å². The van der Waals surface area contributed by atoms with Crippen LogP contribution in [0.25, 0.3) is 11.2 Å². The SMILES string of the molecule is CC1(C)OC2[C@@H](CO)O[C@@H](n3cnc4c(Cl)ncnc43)[C@H]2O1. The molecule has 0 spiro atoms. The Morgan fingerprint density at radius 3 is 2.82 bits per heavy atom. The Morgan fingerprint density at radius 2 is 2.05 bits per heavy atom. The van der Waals surface area contributed by atoms with Crippen molar-refractivity contribution in [2.45, 2.75) is 44.2 Å². The summed E-state index contributed by atoms with van der Waals surface area (Å²) in [4.78, 5) is 12.4. The van der Waals surface area contributed by atoms with Gasteiger partial charge in [0.05, 0.1) is 12.9 Å². The van der Waals surface area contributed by atoms with Gasteiger partial charge in [0.15, 0.2) is 22.8 Å². The van der Waals surface area contributed by atoms with Crippen molar-refractivity contribution in [1.82, 2.24) is 19.5 Å². The standard InChI is InChI=1S/C13H15ClN4O4/c1-13(2)21-8-6(3-19)20-12(9(8)22-13)18-5-17-7-10(14)15-4-16-11(7)18/h4-6,8-9,12,19H,3H2,1-2H3/t6-,8?,9+,12-/m1/s1. The minimum atomic E-state index is -0.728.